The van der Waals surface area contributed by atoms with Gasteiger partial charge in [0.15, 0.2) is 11.6 Å². The van der Waals surface area contributed by atoms with Gasteiger partial charge in [-0.3, -0.25) is 4.79 Å². The second kappa shape index (κ2) is 14.3. The summed E-state index contributed by atoms with van der Waals surface area (Å²) in [6, 6.07) is 20.2. The number of amides is 1. The smallest absolute Gasteiger partial charge is 0.252 e. The van der Waals surface area contributed by atoms with Crippen LogP contribution in [0.3, 0.4) is 0 Å². The number of carbonyl (C=O) groups is 1. The molecule has 0 radical (unpaired) electrons. The molecule has 2 atom stereocenters. The third-order valence-electron chi connectivity index (χ3n) is 6.47. The third-order valence-corrected chi connectivity index (χ3v) is 7.56. The number of aliphatic hydroxyl groups excluding tert-OH is 1. The van der Waals surface area contributed by atoms with E-state index < -0.39 is 11.6 Å². The quantitative estimate of drug-likeness (QED) is 0.216. The molecule has 1 aliphatic rings. The maximum absolute atomic E-state index is 14.1. The van der Waals surface area contributed by atoms with Crippen molar-refractivity contribution in [3.63, 3.8) is 0 Å². The minimum Gasteiger partial charge on any atom is -0.494 e. The average molecular weight is 650 g/mol. The molecule has 10 heteroatoms. The molecular formula is C30H31BrCl2N2O5. The van der Waals surface area contributed by atoms with E-state index in [1.165, 1.54) is 0 Å². The van der Waals surface area contributed by atoms with Gasteiger partial charge in [-0.1, -0.05) is 57.3 Å². The molecule has 0 aromatic heterocycles. The molecule has 0 saturated heterocycles. The fourth-order valence-corrected chi connectivity index (χ4v) is 5.23. The molecule has 0 unspecified atom stereocenters. The van der Waals surface area contributed by atoms with Gasteiger partial charge in [0.2, 0.25) is 5.90 Å². The molecule has 4 rings (SSSR count). The molecule has 0 bridgehead atoms. The number of nitrogens with one attached hydrogen (secondary N) is 1. The van der Waals surface area contributed by atoms with Crippen molar-refractivity contribution in [2.45, 2.75) is 30.9 Å². The van der Waals surface area contributed by atoms with Crippen LogP contribution in [0.1, 0.15) is 35.6 Å². The fourth-order valence-electron chi connectivity index (χ4n) is 4.46. The molecule has 3 aromatic rings. The molecule has 40 heavy (non-hydrogen) atoms. The van der Waals surface area contributed by atoms with Crippen molar-refractivity contribution in [3.05, 3.63) is 97.9 Å². The van der Waals surface area contributed by atoms with Gasteiger partial charge in [0.25, 0.3) is 5.91 Å². The van der Waals surface area contributed by atoms with E-state index in [0.717, 1.165) is 10.0 Å². The number of rotatable bonds is 13. The first kappa shape index (κ1) is 30.3. The number of hydrogen-bond donors (Lipinski definition) is 2. The third kappa shape index (κ3) is 7.36. The Labute approximate surface area is 252 Å². The van der Waals surface area contributed by atoms with Crippen molar-refractivity contribution in [3.8, 4) is 5.75 Å². The minimum absolute atomic E-state index is 0.0609. The normalized spacial score (nSPS) is 18.2. The van der Waals surface area contributed by atoms with Crippen molar-refractivity contribution in [2.24, 2.45) is 4.99 Å². The SMILES string of the molecule is COCCCNC(=O)[C@]1(Cc2ccc(Br)cc2)N=C(c2ccc(OCCCO)cc2)O[C@@H]1c1ccc(Cl)cc1Cl. The second-order valence-electron chi connectivity index (χ2n) is 9.36. The lowest BCUT2D eigenvalue weighted by atomic mass is 9.82. The number of benzene rings is 3. The molecule has 0 spiro atoms. The van der Waals surface area contributed by atoms with Crippen LogP contribution in [0.5, 0.6) is 5.75 Å². The Bertz CT molecular complexity index is 1320. The van der Waals surface area contributed by atoms with Gasteiger partial charge in [0, 0.05) is 65.4 Å². The molecule has 2 N–H and O–H groups in total. The van der Waals surface area contributed by atoms with Crippen molar-refractivity contribution in [1.29, 1.82) is 0 Å². The summed E-state index contributed by atoms with van der Waals surface area (Å²) in [5.41, 5.74) is 0.850. The number of aliphatic imine (C=N–C) groups is 1. The zero-order valence-electron chi connectivity index (χ0n) is 22.0. The Morgan fingerprint density at radius 3 is 2.50 bits per heavy atom. The molecule has 0 fully saturated rings. The molecule has 1 heterocycles. The highest BCUT2D eigenvalue weighted by atomic mass is 79.9. The van der Waals surface area contributed by atoms with Crippen LogP contribution in [0.4, 0.5) is 0 Å². The molecule has 1 amide bonds. The van der Waals surface area contributed by atoms with E-state index in [2.05, 4.69) is 21.2 Å². The Morgan fingerprint density at radius 1 is 1.07 bits per heavy atom. The number of methoxy groups -OCH3 is 1. The number of nitrogens with zero attached hydrogens (tertiary/aromatic N) is 1. The van der Waals surface area contributed by atoms with E-state index in [4.69, 9.17) is 47.5 Å². The first-order valence-corrected chi connectivity index (χ1v) is 14.5. The molecule has 212 valence electrons. The van der Waals surface area contributed by atoms with Crippen molar-refractivity contribution in [2.75, 3.05) is 33.5 Å². The Balaban J connectivity index is 1.77. The number of aliphatic hydroxyl groups is 1. The van der Waals surface area contributed by atoms with Gasteiger partial charge < -0.3 is 24.6 Å². The second-order valence-corrected chi connectivity index (χ2v) is 11.1. The summed E-state index contributed by atoms with van der Waals surface area (Å²) in [6.07, 6.45) is 0.641. The number of hydrogen-bond acceptors (Lipinski definition) is 6. The van der Waals surface area contributed by atoms with Crippen LogP contribution >= 0.6 is 39.1 Å². The number of halogens is 3. The van der Waals surface area contributed by atoms with Gasteiger partial charge in [0.1, 0.15) is 5.75 Å². The highest BCUT2D eigenvalue weighted by molar-refractivity contribution is 9.10. The molecule has 3 aromatic carbocycles. The topological polar surface area (TPSA) is 89.4 Å². The van der Waals surface area contributed by atoms with Gasteiger partial charge >= 0.3 is 0 Å². The lowest BCUT2D eigenvalue weighted by molar-refractivity contribution is -0.129. The van der Waals surface area contributed by atoms with Gasteiger partial charge in [-0.15, -0.1) is 0 Å². The first-order chi connectivity index (χ1) is 19.4. The monoisotopic (exact) mass is 648 g/mol. The lowest BCUT2D eigenvalue weighted by Gasteiger charge is -2.31. The number of carbonyl (C=O) groups excluding carboxylic acids is 1. The van der Waals surface area contributed by atoms with Crippen LogP contribution in [0.2, 0.25) is 10.0 Å². The van der Waals surface area contributed by atoms with E-state index in [1.807, 2.05) is 48.5 Å². The molecule has 0 aliphatic carbocycles. The van der Waals surface area contributed by atoms with Crippen LogP contribution in [0.15, 0.2) is 76.2 Å². The summed E-state index contributed by atoms with van der Waals surface area (Å²) in [5.74, 6) is 0.702. The van der Waals surface area contributed by atoms with E-state index in [9.17, 15) is 4.79 Å². The van der Waals surface area contributed by atoms with Gasteiger partial charge in [-0.2, -0.15) is 0 Å². The predicted octanol–water partition coefficient (Wildman–Crippen LogP) is 6.17. The predicted molar refractivity (Wildman–Crippen MR) is 161 cm³/mol. The highest BCUT2D eigenvalue weighted by Crippen LogP contribution is 2.45. The fraction of sp³-hybridized carbons (Fsp3) is 0.333. The van der Waals surface area contributed by atoms with Crippen LogP contribution in [-0.2, 0) is 20.7 Å². The zero-order chi connectivity index (χ0) is 28.5. The summed E-state index contributed by atoms with van der Waals surface area (Å²) < 4.78 is 18.3. The molecule has 1 aliphatic heterocycles. The maximum atomic E-state index is 14.1. The van der Waals surface area contributed by atoms with Crippen molar-refractivity contribution >= 4 is 50.9 Å². The van der Waals surface area contributed by atoms with Gasteiger partial charge in [-0.25, -0.2) is 4.99 Å². The van der Waals surface area contributed by atoms with Crippen molar-refractivity contribution < 1.29 is 24.1 Å². The van der Waals surface area contributed by atoms with E-state index >= 15 is 0 Å². The summed E-state index contributed by atoms with van der Waals surface area (Å²) >= 11 is 16.4. The largest absolute Gasteiger partial charge is 0.494 e. The van der Waals surface area contributed by atoms with E-state index in [-0.39, 0.29) is 18.9 Å². The van der Waals surface area contributed by atoms with Crippen LogP contribution in [0, 0.1) is 0 Å². The molecule has 0 saturated carbocycles. The van der Waals surface area contributed by atoms with Crippen LogP contribution < -0.4 is 10.1 Å². The Kier molecular flexibility index (Phi) is 10.9. The number of ether oxygens (including phenoxy) is 3. The van der Waals surface area contributed by atoms with Gasteiger partial charge in [0.05, 0.1) is 6.61 Å². The molecule has 7 nitrogen and oxygen atoms in total. The Hall–Kier alpha value is -2.62. The lowest BCUT2D eigenvalue weighted by Crippen LogP contribution is -2.50. The maximum Gasteiger partial charge on any atom is 0.252 e. The minimum atomic E-state index is -1.36. The summed E-state index contributed by atoms with van der Waals surface area (Å²) in [5, 5.41) is 12.9. The summed E-state index contributed by atoms with van der Waals surface area (Å²) in [6.45, 7) is 1.40. The van der Waals surface area contributed by atoms with Crippen LogP contribution in [-0.4, -0.2) is 55.9 Å². The van der Waals surface area contributed by atoms with Crippen molar-refractivity contribution in [1.82, 2.24) is 5.32 Å². The summed E-state index contributed by atoms with van der Waals surface area (Å²) in [7, 11) is 1.62. The highest BCUT2D eigenvalue weighted by Gasteiger charge is 2.53. The van der Waals surface area contributed by atoms with E-state index in [1.54, 1.807) is 25.3 Å². The Morgan fingerprint density at radius 2 is 1.82 bits per heavy atom. The molecular weight excluding hydrogens is 619 g/mol. The zero-order valence-corrected chi connectivity index (χ0v) is 25.1. The van der Waals surface area contributed by atoms with E-state index in [0.29, 0.717) is 65.4 Å². The van der Waals surface area contributed by atoms with Gasteiger partial charge in [-0.05, 0) is 60.5 Å². The first-order valence-electron chi connectivity index (χ1n) is 12.9. The average Bonchev–Trinajstić information content (AvgIpc) is 3.33. The standard InChI is InChI=1S/C30H31BrCl2N2O5/c1-38-16-2-14-34-29(37)30(19-20-4-8-22(31)9-5-20)27(25-13-10-23(32)18-26(25)33)40-28(35-30)21-6-11-24(12-7-21)39-17-3-15-36/h4-13,18,27,36H,2-3,14-17,19H2,1H3,(H,34,37)/t27-,30-/m1/s1. The summed E-state index contributed by atoms with van der Waals surface area (Å²) in [4.78, 5) is 19.1. The van der Waals surface area contributed by atoms with Crippen LogP contribution in [0.25, 0.3) is 0 Å².